The molecule has 0 radical (unpaired) electrons. The van der Waals surface area contributed by atoms with Crippen molar-refractivity contribution in [3.05, 3.63) is 64.5 Å². The van der Waals surface area contributed by atoms with Crippen LogP contribution in [-0.4, -0.2) is 59.1 Å². The van der Waals surface area contributed by atoms with E-state index in [1.807, 2.05) is 35.2 Å². The molecule has 0 aliphatic carbocycles. The monoisotopic (exact) mass is 463 g/mol. The first-order valence-electron chi connectivity index (χ1n) is 11.4. The van der Waals surface area contributed by atoms with E-state index in [-0.39, 0.29) is 18.1 Å². The summed E-state index contributed by atoms with van der Waals surface area (Å²) in [5, 5.41) is 3.23. The highest BCUT2D eigenvalue weighted by Crippen LogP contribution is 2.41. The van der Waals surface area contributed by atoms with Gasteiger partial charge in [0.25, 0.3) is 5.91 Å². The molecule has 0 atom stereocenters. The molecule has 5 rings (SSSR count). The lowest BCUT2D eigenvalue weighted by molar-refractivity contribution is -0.135. The quantitative estimate of drug-likeness (QED) is 0.547. The molecular weight excluding hydrogens is 434 g/mol. The normalized spacial score (nSPS) is 17.5. The predicted molar refractivity (Wildman–Crippen MR) is 130 cm³/mol. The number of carbonyl (C=O) groups excluding carboxylic acids is 1. The van der Waals surface area contributed by atoms with Crippen LogP contribution in [0.15, 0.2) is 53.9 Å². The number of hydrogen-bond donors (Lipinski definition) is 0. The van der Waals surface area contributed by atoms with Gasteiger partial charge in [-0.05, 0) is 19.9 Å². The Bertz CT molecular complexity index is 1120. The summed E-state index contributed by atoms with van der Waals surface area (Å²) in [6, 6.07) is 16.2. The molecule has 0 unspecified atom stereocenters. The molecule has 1 amide bonds. The van der Waals surface area contributed by atoms with Gasteiger partial charge in [0.1, 0.15) is 10.6 Å². The van der Waals surface area contributed by atoms with Crippen LogP contribution in [0.2, 0.25) is 0 Å². The first-order chi connectivity index (χ1) is 16.0. The number of aromatic nitrogens is 1. The number of hydrogen-bond acceptors (Lipinski definition) is 6. The zero-order valence-electron chi connectivity index (χ0n) is 19.1. The van der Waals surface area contributed by atoms with Gasteiger partial charge in [0.2, 0.25) is 0 Å². The number of nitrogens with zero attached hydrogens (tertiary/aromatic N) is 3. The average Bonchev–Trinajstić information content (AvgIpc) is 3.41. The maximum absolute atomic E-state index is 12.8. The number of benzene rings is 2. The lowest BCUT2D eigenvalue weighted by Gasteiger charge is -2.34. The SMILES string of the molecule is CC1(C)Cc2cccc(OCC(=O)N3CCN(Cc4nc(-c5ccccc5)cs4)CC3)c2O1. The van der Waals surface area contributed by atoms with Crippen molar-refractivity contribution in [3.8, 4) is 22.8 Å². The van der Waals surface area contributed by atoms with Crippen molar-refractivity contribution in [2.75, 3.05) is 32.8 Å². The average molecular weight is 464 g/mol. The number of piperazine rings is 1. The fourth-order valence-electron chi connectivity index (χ4n) is 4.40. The van der Waals surface area contributed by atoms with Gasteiger partial charge in [0, 0.05) is 49.1 Å². The molecule has 0 spiro atoms. The Morgan fingerprint density at radius 3 is 2.67 bits per heavy atom. The Morgan fingerprint density at radius 1 is 1.09 bits per heavy atom. The van der Waals surface area contributed by atoms with Crippen molar-refractivity contribution in [1.29, 1.82) is 0 Å². The van der Waals surface area contributed by atoms with Gasteiger partial charge in [0.15, 0.2) is 18.1 Å². The van der Waals surface area contributed by atoms with Crippen LogP contribution in [0.3, 0.4) is 0 Å². The molecule has 6 nitrogen and oxygen atoms in total. The fraction of sp³-hybridized carbons (Fsp3) is 0.385. The van der Waals surface area contributed by atoms with Gasteiger partial charge < -0.3 is 14.4 Å². The zero-order valence-corrected chi connectivity index (χ0v) is 19.9. The fourth-order valence-corrected chi connectivity index (χ4v) is 5.25. The first kappa shape index (κ1) is 21.9. The van der Waals surface area contributed by atoms with E-state index in [0.717, 1.165) is 53.6 Å². The van der Waals surface area contributed by atoms with E-state index in [4.69, 9.17) is 14.5 Å². The lowest BCUT2D eigenvalue weighted by atomic mass is 10.0. The molecule has 33 heavy (non-hydrogen) atoms. The van der Waals surface area contributed by atoms with E-state index in [1.54, 1.807) is 11.3 Å². The van der Waals surface area contributed by atoms with Crippen molar-refractivity contribution in [2.24, 2.45) is 0 Å². The van der Waals surface area contributed by atoms with E-state index >= 15 is 0 Å². The molecule has 0 saturated carbocycles. The van der Waals surface area contributed by atoms with Gasteiger partial charge >= 0.3 is 0 Å². The van der Waals surface area contributed by atoms with Crippen molar-refractivity contribution in [3.63, 3.8) is 0 Å². The summed E-state index contributed by atoms with van der Waals surface area (Å²) in [7, 11) is 0. The second-order valence-electron chi connectivity index (χ2n) is 9.22. The van der Waals surface area contributed by atoms with Gasteiger partial charge in [-0.15, -0.1) is 11.3 Å². The standard InChI is InChI=1S/C26H29N3O3S/c1-26(2)15-20-9-6-10-22(25(20)32-26)31-17-24(30)29-13-11-28(12-14-29)16-23-27-21(18-33-23)19-7-4-3-5-8-19/h3-10,18H,11-17H2,1-2H3. The van der Waals surface area contributed by atoms with Crippen molar-refractivity contribution < 1.29 is 14.3 Å². The highest BCUT2D eigenvalue weighted by molar-refractivity contribution is 7.09. The lowest BCUT2D eigenvalue weighted by Crippen LogP contribution is -2.49. The highest BCUT2D eigenvalue weighted by atomic mass is 32.1. The maximum atomic E-state index is 12.8. The summed E-state index contributed by atoms with van der Waals surface area (Å²) in [4.78, 5) is 21.8. The Labute approximate surface area is 198 Å². The highest BCUT2D eigenvalue weighted by Gasteiger charge is 2.32. The molecule has 1 saturated heterocycles. The summed E-state index contributed by atoms with van der Waals surface area (Å²) in [6.45, 7) is 8.07. The van der Waals surface area contributed by atoms with Crippen LogP contribution in [0.4, 0.5) is 0 Å². The van der Waals surface area contributed by atoms with E-state index in [2.05, 4.69) is 42.3 Å². The molecule has 0 N–H and O–H groups in total. The van der Waals surface area contributed by atoms with Crippen molar-refractivity contribution >= 4 is 17.2 Å². The summed E-state index contributed by atoms with van der Waals surface area (Å²) >= 11 is 1.70. The van der Waals surface area contributed by atoms with Crippen LogP contribution in [0.5, 0.6) is 11.5 Å². The topological polar surface area (TPSA) is 54.9 Å². The third-order valence-electron chi connectivity index (χ3n) is 6.11. The van der Waals surface area contributed by atoms with E-state index in [9.17, 15) is 4.79 Å². The largest absolute Gasteiger partial charge is 0.483 e. The van der Waals surface area contributed by atoms with Gasteiger partial charge in [-0.25, -0.2) is 4.98 Å². The van der Waals surface area contributed by atoms with Crippen LogP contribution in [0.25, 0.3) is 11.3 Å². The third-order valence-corrected chi connectivity index (χ3v) is 6.94. The molecule has 7 heteroatoms. The third kappa shape index (κ3) is 5.04. The van der Waals surface area contributed by atoms with Crippen LogP contribution in [0.1, 0.15) is 24.4 Å². The Kier molecular flexibility index (Phi) is 6.08. The summed E-state index contributed by atoms with van der Waals surface area (Å²) in [6.07, 6.45) is 0.849. The predicted octanol–water partition coefficient (Wildman–Crippen LogP) is 4.25. The Morgan fingerprint density at radius 2 is 1.88 bits per heavy atom. The molecule has 3 aromatic rings. The molecule has 2 aliphatic heterocycles. The van der Waals surface area contributed by atoms with Crippen molar-refractivity contribution in [1.82, 2.24) is 14.8 Å². The molecule has 172 valence electrons. The van der Waals surface area contributed by atoms with Crippen molar-refractivity contribution in [2.45, 2.75) is 32.4 Å². The molecule has 2 aromatic carbocycles. The number of para-hydroxylation sites is 1. The van der Waals surface area contributed by atoms with Crippen LogP contribution in [-0.2, 0) is 17.8 Å². The molecule has 1 fully saturated rings. The minimum Gasteiger partial charge on any atom is -0.483 e. The minimum atomic E-state index is -0.235. The van der Waals surface area contributed by atoms with E-state index in [0.29, 0.717) is 18.8 Å². The summed E-state index contributed by atoms with van der Waals surface area (Å²) < 4.78 is 11.9. The second kappa shape index (κ2) is 9.15. The molecule has 2 aliphatic rings. The minimum absolute atomic E-state index is 0.0186. The van der Waals surface area contributed by atoms with Crippen LogP contribution in [0, 0.1) is 0 Å². The summed E-state index contributed by atoms with van der Waals surface area (Å²) in [5.41, 5.74) is 3.08. The molecule has 3 heterocycles. The van der Waals surface area contributed by atoms with Gasteiger partial charge in [-0.3, -0.25) is 9.69 Å². The number of rotatable bonds is 6. The molecular formula is C26H29N3O3S. The van der Waals surface area contributed by atoms with E-state index in [1.165, 1.54) is 0 Å². The number of ether oxygens (including phenoxy) is 2. The molecule has 0 bridgehead atoms. The maximum Gasteiger partial charge on any atom is 0.260 e. The number of fused-ring (bicyclic) bond motifs is 1. The van der Waals surface area contributed by atoms with Crippen LogP contribution < -0.4 is 9.47 Å². The Hall–Kier alpha value is -2.90. The van der Waals surface area contributed by atoms with E-state index < -0.39 is 0 Å². The summed E-state index contributed by atoms with van der Waals surface area (Å²) in [5.74, 6) is 1.45. The first-order valence-corrected chi connectivity index (χ1v) is 12.3. The van der Waals surface area contributed by atoms with Gasteiger partial charge in [-0.2, -0.15) is 0 Å². The Balaban J connectivity index is 1.11. The van der Waals surface area contributed by atoms with Gasteiger partial charge in [0.05, 0.1) is 12.2 Å². The molecule has 1 aromatic heterocycles. The second-order valence-corrected chi connectivity index (χ2v) is 10.2. The number of amides is 1. The van der Waals surface area contributed by atoms with Gasteiger partial charge in [-0.1, -0.05) is 42.5 Å². The van der Waals surface area contributed by atoms with Crippen LogP contribution >= 0.6 is 11.3 Å². The zero-order chi connectivity index (χ0) is 22.8. The number of thiazole rings is 1. The smallest absolute Gasteiger partial charge is 0.260 e. The number of carbonyl (C=O) groups is 1.